The van der Waals surface area contributed by atoms with Gasteiger partial charge in [0.2, 0.25) is 0 Å². The van der Waals surface area contributed by atoms with Crippen molar-refractivity contribution in [3.63, 3.8) is 0 Å². The second kappa shape index (κ2) is 5.90. The van der Waals surface area contributed by atoms with Crippen molar-refractivity contribution in [1.82, 2.24) is 0 Å². The van der Waals surface area contributed by atoms with E-state index in [2.05, 4.69) is 6.08 Å². The first kappa shape index (κ1) is 11.5. The number of nitrogens with two attached hydrogens (primary N) is 1. The molecule has 1 unspecified atom stereocenters. The number of allylic oxidation sites excluding steroid dienone is 1. The highest BCUT2D eigenvalue weighted by atomic mass is 16.3. The van der Waals surface area contributed by atoms with Crippen LogP contribution in [0.4, 0.5) is 0 Å². The minimum absolute atomic E-state index is 0.225. The van der Waals surface area contributed by atoms with Gasteiger partial charge in [-0.25, -0.2) is 0 Å². The lowest BCUT2D eigenvalue weighted by molar-refractivity contribution is 0.491. The van der Waals surface area contributed by atoms with Crippen LogP contribution in [-0.2, 0) is 6.42 Å². The molecule has 2 nitrogen and oxygen atoms in total. The van der Waals surface area contributed by atoms with Gasteiger partial charge >= 0.3 is 0 Å². The molecule has 1 aliphatic rings. The highest BCUT2D eigenvalue weighted by Gasteiger charge is 2.11. The summed E-state index contributed by atoms with van der Waals surface area (Å²) in [4.78, 5) is 0. The quantitative estimate of drug-likeness (QED) is 0.788. The predicted octanol–water partition coefficient (Wildman–Crippen LogP) is 3.43. The molecular weight excluding hydrogens is 198 g/mol. The molecule has 0 fully saturated rings. The number of rotatable bonds is 4. The highest BCUT2D eigenvalue weighted by Crippen LogP contribution is 2.21. The summed E-state index contributed by atoms with van der Waals surface area (Å²) in [6.07, 6.45) is 12.4. The molecule has 88 valence electrons. The highest BCUT2D eigenvalue weighted by molar-refractivity contribution is 5.12. The Morgan fingerprint density at radius 3 is 3.06 bits per heavy atom. The minimum atomic E-state index is 0.225. The van der Waals surface area contributed by atoms with E-state index in [1.807, 2.05) is 12.1 Å². The fourth-order valence-corrected chi connectivity index (χ4v) is 2.31. The molecule has 1 aliphatic carbocycles. The van der Waals surface area contributed by atoms with Gasteiger partial charge < -0.3 is 10.2 Å². The van der Waals surface area contributed by atoms with Crippen LogP contribution in [0.25, 0.3) is 0 Å². The maximum absolute atomic E-state index is 6.22. The van der Waals surface area contributed by atoms with Crippen molar-refractivity contribution in [3.8, 4) is 0 Å². The molecule has 0 saturated carbocycles. The van der Waals surface area contributed by atoms with Gasteiger partial charge in [-0.2, -0.15) is 0 Å². The van der Waals surface area contributed by atoms with Crippen LogP contribution in [-0.4, -0.2) is 6.04 Å². The molecule has 1 aromatic rings. The second-order valence-electron chi connectivity index (χ2n) is 4.60. The van der Waals surface area contributed by atoms with E-state index in [9.17, 15) is 0 Å². The zero-order valence-electron chi connectivity index (χ0n) is 9.82. The average Bonchev–Trinajstić information content (AvgIpc) is 2.66. The largest absolute Gasteiger partial charge is 0.469 e. The summed E-state index contributed by atoms with van der Waals surface area (Å²) in [5.41, 5.74) is 7.69. The Kier molecular flexibility index (Phi) is 4.23. The number of aryl methyl sites for hydroxylation is 1. The lowest BCUT2D eigenvalue weighted by Crippen LogP contribution is -2.23. The Morgan fingerprint density at radius 1 is 1.31 bits per heavy atom. The molecule has 0 bridgehead atoms. The predicted molar refractivity (Wildman–Crippen MR) is 66.2 cm³/mol. The van der Waals surface area contributed by atoms with Crippen molar-refractivity contribution in [2.75, 3.05) is 0 Å². The summed E-state index contributed by atoms with van der Waals surface area (Å²) in [6.45, 7) is 0. The summed E-state index contributed by atoms with van der Waals surface area (Å²) < 4.78 is 5.32. The van der Waals surface area contributed by atoms with Gasteiger partial charge in [0, 0.05) is 12.5 Å². The van der Waals surface area contributed by atoms with E-state index in [-0.39, 0.29) is 6.04 Å². The smallest absolute Gasteiger partial charge is 0.103 e. The fourth-order valence-electron chi connectivity index (χ4n) is 2.31. The number of furan rings is 1. The van der Waals surface area contributed by atoms with Gasteiger partial charge in [0.1, 0.15) is 5.76 Å². The van der Waals surface area contributed by atoms with E-state index in [1.54, 1.807) is 6.26 Å². The second-order valence-corrected chi connectivity index (χ2v) is 4.60. The third-order valence-corrected chi connectivity index (χ3v) is 3.33. The molecular formula is C14H21NO. The summed E-state index contributed by atoms with van der Waals surface area (Å²) in [6, 6.07) is 4.18. The molecule has 0 spiro atoms. The maximum Gasteiger partial charge on any atom is 0.103 e. The number of hydrogen-bond acceptors (Lipinski definition) is 2. The number of hydrogen-bond donors (Lipinski definition) is 1. The van der Waals surface area contributed by atoms with Crippen molar-refractivity contribution < 1.29 is 4.42 Å². The van der Waals surface area contributed by atoms with Crippen LogP contribution in [0.3, 0.4) is 0 Å². The first-order valence-corrected chi connectivity index (χ1v) is 6.33. The molecule has 1 aromatic heterocycles. The van der Waals surface area contributed by atoms with E-state index in [0.29, 0.717) is 0 Å². The Balaban J connectivity index is 1.82. The molecule has 1 atom stereocenters. The Bertz CT molecular complexity index is 327. The molecule has 1 heterocycles. The topological polar surface area (TPSA) is 39.2 Å². The van der Waals surface area contributed by atoms with E-state index in [4.69, 9.17) is 10.2 Å². The van der Waals surface area contributed by atoms with Crippen molar-refractivity contribution >= 4 is 0 Å². The van der Waals surface area contributed by atoms with Crippen molar-refractivity contribution in [1.29, 1.82) is 0 Å². The monoisotopic (exact) mass is 219 g/mol. The van der Waals surface area contributed by atoms with Gasteiger partial charge in [0.05, 0.1) is 6.26 Å². The normalized spacial score (nSPS) is 18.9. The summed E-state index contributed by atoms with van der Waals surface area (Å²) in [7, 11) is 0. The van der Waals surface area contributed by atoms with Crippen LogP contribution in [0.1, 0.15) is 44.3 Å². The molecule has 0 radical (unpaired) electrons. The first-order valence-electron chi connectivity index (χ1n) is 6.33. The maximum atomic E-state index is 6.22. The molecule has 2 rings (SSSR count). The van der Waals surface area contributed by atoms with Gasteiger partial charge in [-0.3, -0.25) is 0 Å². The van der Waals surface area contributed by atoms with Gasteiger partial charge in [-0.15, -0.1) is 0 Å². The third-order valence-electron chi connectivity index (χ3n) is 3.33. The van der Waals surface area contributed by atoms with Gasteiger partial charge in [-0.05, 0) is 44.2 Å². The standard InChI is InChI=1S/C14H21NO/c15-14(10-9-13-8-5-11-16-13)12-6-3-1-2-4-7-12/h5-6,8,11,14H,1-4,7,9-10,15H2. The van der Waals surface area contributed by atoms with Gasteiger partial charge in [0.25, 0.3) is 0 Å². The zero-order valence-corrected chi connectivity index (χ0v) is 9.82. The van der Waals surface area contributed by atoms with Gasteiger partial charge in [0.15, 0.2) is 0 Å². The molecule has 0 amide bonds. The third kappa shape index (κ3) is 3.24. The lowest BCUT2D eigenvalue weighted by Gasteiger charge is -2.14. The van der Waals surface area contributed by atoms with Crippen LogP contribution < -0.4 is 5.73 Å². The van der Waals surface area contributed by atoms with Crippen LogP contribution in [0.2, 0.25) is 0 Å². The van der Waals surface area contributed by atoms with Crippen LogP contribution >= 0.6 is 0 Å². The lowest BCUT2D eigenvalue weighted by atomic mass is 9.98. The molecule has 0 aliphatic heterocycles. The molecule has 2 N–H and O–H groups in total. The Morgan fingerprint density at radius 2 is 2.25 bits per heavy atom. The molecule has 0 aromatic carbocycles. The minimum Gasteiger partial charge on any atom is -0.469 e. The van der Waals surface area contributed by atoms with E-state index in [1.165, 1.54) is 37.7 Å². The van der Waals surface area contributed by atoms with E-state index in [0.717, 1.165) is 18.6 Å². The Labute approximate surface area is 97.5 Å². The van der Waals surface area contributed by atoms with Crippen LogP contribution in [0, 0.1) is 0 Å². The average molecular weight is 219 g/mol. The summed E-state index contributed by atoms with van der Waals surface area (Å²) in [5, 5.41) is 0. The molecule has 0 saturated heterocycles. The first-order chi connectivity index (χ1) is 7.86. The van der Waals surface area contributed by atoms with Crippen molar-refractivity contribution in [2.45, 2.75) is 51.0 Å². The summed E-state index contributed by atoms with van der Waals surface area (Å²) >= 11 is 0. The fraction of sp³-hybridized carbons (Fsp3) is 0.571. The van der Waals surface area contributed by atoms with E-state index >= 15 is 0 Å². The SMILES string of the molecule is NC(CCc1ccco1)C1=CCCCCC1. The summed E-state index contributed by atoms with van der Waals surface area (Å²) in [5.74, 6) is 1.05. The zero-order chi connectivity index (χ0) is 11.2. The molecule has 2 heteroatoms. The molecule has 16 heavy (non-hydrogen) atoms. The van der Waals surface area contributed by atoms with E-state index < -0.39 is 0 Å². The van der Waals surface area contributed by atoms with Crippen LogP contribution in [0.5, 0.6) is 0 Å². The van der Waals surface area contributed by atoms with Gasteiger partial charge in [-0.1, -0.05) is 18.1 Å². The van der Waals surface area contributed by atoms with Crippen molar-refractivity contribution in [2.24, 2.45) is 5.73 Å². The Hall–Kier alpha value is -1.02. The van der Waals surface area contributed by atoms with Crippen LogP contribution in [0.15, 0.2) is 34.5 Å². The van der Waals surface area contributed by atoms with Crippen molar-refractivity contribution in [3.05, 3.63) is 35.8 Å².